The number of nitrogens with two attached hydrogens (primary N) is 1. The van der Waals surface area contributed by atoms with Crippen LogP contribution in [0.4, 0.5) is 0 Å². The van der Waals surface area contributed by atoms with Gasteiger partial charge in [-0.25, -0.2) is 9.97 Å². The standard InChI is InChI=1S/C29H36N6O2S/c1-29(2,3)20-8-9-22-18(11-20)10-19-13-25(38-28(19)34-22)27(37)33-23(14-30)17-6-5-7-21(12-17)32-26(36)24-15-31-16-35(24)4/h5,7,10,12-13,15-17,20,23H,6,8-9,11,14,30H2,1-4H3,(H,32,36)(H,33,37)/t17?,20-,23-/m1/s1. The molecule has 2 aliphatic rings. The van der Waals surface area contributed by atoms with Crippen molar-refractivity contribution in [1.29, 1.82) is 0 Å². The number of rotatable bonds is 6. The number of thiophene rings is 1. The minimum absolute atomic E-state index is 0.0371. The number of nitrogens with zero attached hydrogens (tertiary/aromatic N) is 3. The molecule has 38 heavy (non-hydrogen) atoms. The number of pyridine rings is 1. The molecule has 3 heterocycles. The fraction of sp³-hybridized carbons (Fsp3) is 0.448. The van der Waals surface area contributed by atoms with E-state index in [-0.39, 0.29) is 35.7 Å². The molecule has 0 spiro atoms. The Balaban J connectivity index is 1.29. The summed E-state index contributed by atoms with van der Waals surface area (Å²) in [6, 6.07) is 3.91. The number of hydrogen-bond donors (Lipinski definition) is 3. The molecule has 0 radical (unpaired) electrons. The first-order valence-corrected chi connectivity index (χ1v) is 14.0. The third-order valence-electron chi connectivity index (χ3n) is 7.82. The molecule has 0 aromatic carbocycles. The van der Waals surface area contributed by atoms with Crippen molar-refractivity contribution in [3.8, 4) is 0 Å². The maximum absolute atomic E-state index is 13.3. The molecule has 200 valence electrons. The van der Waals surface area contributed by atoms with Crippen LogP contribution in [-0.4, -0.2) is 38.9 Å². The molecule has 0 saturated heterocycles. The predicted molar refractivity (Wildman–Crippen MR) is 151 cm³/mol. The highest BCUT2D eigenvalue weighted by molar-refractivity contribution is 7.20. The van der Waals surface area contributed by atoms with Crippen molar-refractivity contribution >= 4 is 33.4 Å². The molecule has 1 unspecified atom stereocenters. The monoisotopic (exact) mass is 532 g/mol. The molecule has 0 saturated carbocycles. The van der Waals surface area contributed by atoms with Crippen molar-refractivity contribution in [3.63, 3.8) is 0 Å². The van der Waals surface area contributed by atoms with E-state index < -0.39 is 0 Å². The second kappa shape index (κ2) is 10.5. The number of nitrogens with one attached hydrogen (secondary N) is 2. The minimum Gasteiger partial charge on any atom is -0.347 e. The first-order chi connectivity index (χ1) is 18.1. The number of fused-ring (bicyclic) bond motifs is 2. The van der Waals surface area contributed by atoms with E-state index in [4.69, 9.17) is 10.7 Å². The van der Waals surface area contributed by atoms with Gasteiger partial charge in [0, 0.05) is 42.3 Å². The van der Waals surface area contributed by atoms with Gasteiger partial charge in [-0.05, 0) is 60.8 Å². The van der Waals surface area contributed by atoms with Crippen LogP contribution in [0.5, 0.6) is 0 Å². The van der Waals surface area contributed by atoms with E-state index >= 15 is 0 Å². The lowest BCUT2D eigenvalue weighted by Gasteiger charge is -2.34. The number of aromatic nitrogens is 3. The quantitative estimate of drug-likeness (QED) is 0.442. The summed E-state index contributed by atoms with van der Waals surface area (Å²) in [5, 5.41) is 7.09. The predicted octanol–water partition coefficient (Wildman–Crippen LogP) is 4.13. The van der Waals surface area contributed by atoms with Crippen molar-refractivity contribution < 1.29 is 9.59 Å². The zero-order valence-electron chi connectivity index (χ0n) is 22.5. The fourth-order valence-electron chi connectivity index (χ4n) is 5.40. The molecule has 8 nitrogen and oxygen atoms in total. The zero-order chi connectivity index (χ0) is 27.0. The van der Waals surface area contributed by atoms with Crippen molar-refractivity contribution in [2.45, 2.75) is 52.5 Å². The largest absolute Gasteiger partial charge is 0.347 e. The van der Waals surface area contributed by atoms with Gasteiger partial charge in [-0.2, -0.15) is 0 Å². The number of amides is 2. The van der Waals surface area contributed by atoms with E-state index in [0.717, 1.165) is 35.9 Å². The van der Waals surface area contributed by atoms with Gasteiger partial charge < -0.3 is 20.9 Å². The number of hydrogen-bond acceptors (Lipinski definition) is 6. The number of imidazole rings is 1. The Hall–Kier alpha value is -3.30. The van der Waals surface area contributed by atoms with Crippen LogP contribution in [0.15, 0.2) is 48.6 Å². The van der Waals surface area contributed by atoms with Crippen LogP contribution in [0.1, 0.15) is 65.0 Å². The van der Waals surface area contributed by atoms with E-state index in [1.807, 2.05) is 24.3 Å². The molecule has 2 amide bonds. The number of carbonyl (C=O) groups excluding carboxylic acids is 2. The maximum Gasteiger partial charge on any atom is 0.273 e. The maximum atomic E-state index is 13.3. The third kappa shape index (κ3) is 5.44. The summed E-state index contributed by atoms with van der Waals surface area (Å²) in [4.78, 5) is 36.4. The zero-order valence-corrected chi connectivity index (χ0v) is 23.3. The molecule has 3 aromatic rings. The van der Waals surface area contributed by atoms with Crippen molar-refractivity contribution in [2.75, 3.05) is 6.54 Å². The van der Waals surface area contributed by atoms with Gasteiger partial charge in [-0.15, -0.1) is 11.3 Å². The molecule has 9 heteroatoms. The second-order valence-corrected chi connectivity index (χ2v) is 12.5. The van der Waals surface area contributed by atoms with Crippen LogP contribution in [0, 0.1) is 17.3 Å². The topological polar surface area (TPSA) is 115 Å². The summed E-state index contributed by atoms with van der Waals surface area (Å²) in [6.07, 6.45) is 12.9. The summed E-state index contributed by atoms with van der Waals surface area (Å²) < 4.78 is 1.67. The lowest BCUT2D eigenvalue weighted by Crippen LogP contribution is -2.45. The average Bonchev–Trinajstić information content (AvgIpc) is 3.50. The first-order valence-electron chi connectivity index (χ1n) is 13.2. The highest BCUT2D eigenvalue weighted by atomic mass is 32.1. The summed E-state index contributed by atoms with van der Waals surface area (Å²) in [7, 11) is 1.77. The van der Waals surface area contributed by atoms with Gasteiger partial charge in [0.1, 0.15) is 10.5 Å². The Labute approximate surface area is 227 Å². The fourth-order valence-corrected chi connectivity index (χ4v) is 6.33. The first kappa shape index (κ1) is 26.3. The Morgan fingerprint density at radius 3 is 2.79 bits per heavy atom. The smallest absolute Gasteiger partial charge is 0.273 e. The van der Waals surface area contributed by atoms with Crippen LogP contribution in [0.25, 0.3) is 10.2 Å². The van der Waals surface area contributed by atoms with E-state index in [0.29, 0.717) is 22.2 Å². The Morgan fingerprint density at radius 1 is 1.26 bits per heavy atom. The van der Waals surface area contributed by atoms with Gasteiger partial charge in [0.15, 0.2) is 0 Å². The molecule has 0 bridgehead atoms. The highest BCUT2D eigenvalue weighted by Crippen LogP contribution is 2.38. The summed E-state index contributed by atoms with van der Waals surface area (Å²) >= 11 is 1.43. The summed E-state index contributed by atoms with van der Waals surface area (Å²) in [5.41, 5.74) is 10.0. The van der Waals surface area contributed by atoms with Gasteiger partial charge in [0.2, 0.25) is 0 Å². The van der Waals surface area contributed by atoms with Gasteiger partial charge in [-0.1, -0.05) is 32.9 Å². The van der Waals surface area contributed by atoms with Gasteiger partial charge in [-0.3, -0.25) is 9.59 Å². The van der Waals surface area contributed by atoms with Crippen molar-refractivity contribution in [2.24, 2.45) is 30.0 Å². The Morgan fingerprint density at radius 2 is 2.08 bits per heavy atom. The minimum atomic E-state index is -0.269. The molecule has 0 fully saturated rings. The summed E-state index contributed by atoms with van der Waals surface area (Å²) in [6.45, 7) is 7.22. The Bertz CT molecular complexity index is 1430. The Kier molecular flexibility index (Phi) is 7.24. The number of allylic oxidation sites excluding steroid dienone is 2. The van der Waals surface area contributed by atoms with E-state index in [2.05, 4.69) is 42.5 Å². The third-order valence-corrected chi connectivity index (χ3v) is 8.86. The normalized spacial score (nSPS) is 20.1. The lowest BCUT2D eigenvalue weighted by atomic mass is 9.71. The molecule has 5 rings (SSSR count). The van der Waals surface area contributed by atoms with Gasteiger partial charge in [0.05, 0.1) is 17.4 Å². The van der Waals surface area contributed by atoms with E-state index in [1.54, 1.807) is 17.9 Å². The van der Waals surface area contributed by atoms with Gasteiger partial charge >= 0.3 is 0 Å². The average molecular weight is 533 g/mol. The van der Waals surface area contributed by atoms with Crippen LogP contribution < -0.4 is 16.4 Å². The molecule has 3 aromatic heterocycles. The highest BCUT2D eigenvalue weighted by Gasteiger charge is 2.30. The van der Waals surface area contributed by atoms with E-state index in [9.17, 15) is 9.59 Å². The van der Waals surface area contributed by atoms with Crippen LogP contribution in [-0.2, 0) is 19.9 Å². The van der Waals surface area contributed by atoms with Crippen LogP contribution in [0.2, 0.25) is 0 Å². The van der Waals surface area contributed by atoms with Crippen molar-refractivity contribution in [1.82, 2.24) is 25.2 Å². The molecular formula is C29H36N6O2S. The van der Waals surface area contributed by atoms with E-state index in [1.165, 1.54) is 28.8 Å². The molecule has 0 aliphatic heterocycles. The van der Waals surface area contributed by atoms with Crippen LogP contribution >= 0.6 is 11.3 Å². The van der Waals surface area contributed by atoms with Gasteiger partial charge in [0.25, 0.3) is 11.8 Å². The number of carbonyl (C=O) groups is 2. The van der Waals surface area contributed by atoms with Crippen LogP contribution in [0.3, 0.4) is 0 Å². The second-order valence-electron chi connectivity index (χ2n) is 11.5. The molecule has 3 atom stereocenters. The molecular weight excluding hydrogens is 496 g/mol. The summed E-state index contributed by atoms with van der Waals surface area (Å²) in [5.74, 6) is 0.226. The molecule has 2 aliphatic carbocycles. The molecule has 4 N–H and O–H groups in total. The SMILES string of the molecule is Cn1cncc1C(=O)NC1=CC([C@@H](CN)NC(=O)c2cc3cc4c(nc3s2)CC[C@@H](C(C)(C)C)C4)CC=C1. The number of aryl methyl sites for hydroxylation is 2. The van der Waals surface area contributed by atoms with Crippen molar-refractivity contribution in [3.05, 3.63) is 70.4 Å². The lowest BCUT2D eigenvalue weighted by molar-refractivity contribution is 0.0928.